The van der Waals surface area contributed by atoms with E-state index in [1.807, 2.05) is 6.92 Å². The van der Waals surface area contributed by atoms with Crippen LogP contribution in [0.25, 0.3) is 11.1 Å². The molecule has 3 heterocycles. The standard InChI is InChI=1S/C23H17F3N6O3S/c1-12-8-14(29-28-12)5-7-19-30-31-22(36-19)27-21(34)16-10-20(33)32(2)11-17(16)15-9-13(23(24,25)26)4-6-18(15)35-3/h4,6,8-11H,1-3H3,(H,28,29)(H,27,31,34). The number of alkyl halides is 3. The molecular formula is C23H17F3N6O3S. The number of carbonyl (C=O) groups excluding carboxylic acids is 1. The van der Waals surface area contributed by atoms with E-state index in [4.69, 9.17) is 4.74 Å². The lowest BCUT2D eigenvalue weighted by atomic mass is 9.98. The van der Waals surface area contributed by atoms with E-state index in [0.29, 0.717) is 10.7 Å². The molecule has 2 N–H and O–H groups in total. The van der Waals surface area contributed by atoms with Crippen molar-refractivity contribution in [2.45, 2.75) is 13.1 Å². The number of hydrogen-bond acceptors (Lipinski definition) is 7. The first-order chi connectivity index (χ1) is 17.0. The summed E-state index contributed by atoms with van der Waals surface area (Å²) in [5.41, 5.74) is -0.224. The van der Waals surface area contributed by atoms with Gasteiger partial charge in [-0.25, -0.2) is 0 Å². The molecule has 0 aliphatic rings. The molecule has 0 aliphatic carbocycles. The topological polar surface area (TPSA) is 115 Å². The van der Waals surface area contributed by atoms with Gasteiger partial charge >= 0.3 is 6.18 Å². The molecule has 0 spiro atoms. The molecule has 9 nitrogen and oxygen atoms in total. The van der Waals surface area contributed by atoms with E-state index in [0.717, 1.165) is 45.9 Å². The number of pyridine rings is 1. The van der Waals surface area contributed by atoms with E-state index in [-0.39, 0.29) is 27.6 Å². The number of rotatable bonds is 4. The van der Waals surface area contributed by atoms with Crippen LogP contribution in [0, 0.1) is 18.8 Å². The Morgan fingerprint density at radius 3 is 2.61 bits per heavy atom. The normalized spacial score (nSPS) is 11.1. The maximum atomic E-state index is 13.4. The average Bonchev–Trinajstić information content (AvgIpc) is 3.46. The molecule has 0 fully saturated rings. The maximum absolute atomic E-state index is 13.4. The molecule has 1 amide bonds. The average molecular weight is 514 g/mol. The zero-order valence-corrected chi connectivity index (χ0v) is 19.8. The number of aromatic nitrogens is 5. The highest BCUT2D eigenvalue weighted by Gasteiger charge is 2.32. The molecule has 3 aromatic heterocycles. The third-order valence-electron chi connectivity index (χ3n) is 4.94. The molecule has 4 rings (SSSR count). The molecule has 0 bridgehead atoms. The number of methoxy groups -OCH3 is 1. The first-order valence-electron chi connectivity index (χ1n) is 10.2. The highest BCUT2D eigenvalue weighted by molar-refractivity contribution is 7.15. The number of anilines is 1. The fourth-order valence-electron chi connectivity index (χ4n) is 3.22. The van der Waals surface area contributed by atoms with Crippen molar-refractivity contribution in [2.24, 2.45) is 7.05 Å². The zero-order chi connectivity index (χ0) is 26.0. The number of hydrogen-bond donors (Lipinski definition) is 2. The Labute approximate surface area is 206 Å². The fraction of sp³-hybridized carbons (Fsp3) is 0.174. The van der Waals surface area contributed by atoms with Gasteiger partial charge in [-0.05, 0) is 43.0 Å². The summed E-state index contributed by atoms with van der Waals surface area (Å²) in [6, 6.07) is 5.67. The van der Waals surface area contributed by atoms with Gasteiger partial charge in [-0.2, -0.15) is 18.3 Å². The van der Waals surface area contributed by atoms with Crippen molar-refractivity contribution in [1.82, 2.24) is 25.0 Å². The van der Waals surface area contributed by atoms with Gasteiger partial charge in [0.15, 0.2) is 5.01 Å². The molecule has 13 heteroatoms. The van der Waals surface area contributed by atoms with Crippen molar-refractivity contribution in [3.05, 3.63) is 74.4 Å². The Morgan fingerprint density at radius 1 is 1.17 bits per heavy atom. The highest BCUT2D eigenvalue weighted by atomic mass is 32.1. The summed E-state index contributed by atoms with van der Waals surface area (Å²) in [4.78, 5) is 25.4. The predicted octanol–water partition coefficient (Wildman–Crippen LogP) is 3.61. The van der Waals surface area contributed by atoms with Gasteiger partial charge in [-0.3, -0.25) is 20.0 Å². The highest BCUT2D eigenvalue weighted by Crippen LogP contribution is 2.38. The summed E-state index contributed by atoms with van der Waals surface area (Å²) in [6.07, 6.45) is -3.35. The second kappa shape index (κ2) is 9.67. The number of carbonyl (C=O) groups is 1. The number of ether oxygens (including phenoxy) is 1. The van der Waals surface area contributed by atoms with Crippen LogP contribution >= 0.6 is 11.3 Å². The van der Waals surface area contributed by atoms with Crippen molar-refractivity contribution >= 4 is 22.4 Å². The minimum atomic E-state index is -4.62. The van der Waals surface area contributed by atoms with E-state index in [2.05, 4.69) is 37.6 Å². The van der Waals surface area contributed by atoms with Crippen LogP contribution in [-0.4, -0.2) is 38.0 Å². The number of aromatic amines is 1. The van der Waals surface area contributed by atoms with Crippen LogP contribution in [0.4, 0.5) is 18.3 Å². The lowest BCUT2D eigenvalue weighted by Crippen LogP contribution is -2.22. The molecule has 0 saturated heterocycles. The number of nitrogens with one attached hydrogen (secondary N) is 2. The molecule has 1 aromatic carbocycles. The van der Waals surface area contributed by atoms with Gasteiger partial charge in [0.2, 0.25) is 5.13 Å². The Hall–Kier alpha value is -4.44. The number of halogens is 3. The van der Waals surface area contributed by atoms with Crippen molar-refractivity contribution < 1.29 is 22.7 Å². The fourth-order valence-corrected chi connectivity index (χ4v) is 3.81. The quantitative estimate of drug-likeness (QED) is 0.402. The van der Waals surface area contributed by atoms with Crippen LogP contribution in [0.2, 0.25) is 0 Å². The Morgan fingerprint density at radius 2 is 1.94 bits per heavy atom. The number of nitrogens with zero attached hydrogens (tertiary/aromatic N) is 4. The van der Waals surface area contributed by atoms with Crippen LogP contribution in [0.15, 0.2) is 41.3 Å². The van der Waals surface area contributed by atoms with Crippen molar-refractivity contribution in [3.63, 3.8) is 0 Å². The summed E-state index contributed by atoms with van der Waals surface area (Å²) in [7, 11) is 2.71. The smallest absolute Gasteiger partial charge is 0.416 e. The van der Waals surface area contributed by atoms with Gasteiger partial charge in [0, 0.05) is 36.1 Å². The SMILES string of the molecule is COc1ccc(C(F)(F)F)cc1-c1cn(C)c(=O)cc1C(=O)Nc1nnc(C#Cc2cc(C)[nH]n2)s1. The van der Waals surface area contributed by atoms with Gasteiger partial charge in [-0.1, -0.05) is 11.3 Å². The Kier molecular flexibility index (Phi) is 6.63. The van der Waals surface area contributed by atoms with E-state index in [1.165, 1.54) is 20.4 Å². The van der Waals surface area contributed by atoms with Crippen LogP contribution in [0.5, 0.6) is 5.75 Å². The number of H-pyrrole nitrogens is 1. The lowest BCUT2D eigenvalue weighted by Gasteiger charge is -2.16. The number of benzene rings is 1. The van der Waals surface area contributed by atoms with Gasteiger partial charge in [-0.15, -0.1) is 10.2 Å². The molecule has 184 valence electrons. The maximum Gasteiger partial charge on any atom is 0.416 e. The summed E-state index contributed by atoms with van der Waals surface area (Å²) < 4.78 is 46.5. The minimum absolute atomic E-state index is 0.00816. The van der Waals surface area contributed by atoms with Gasteiger partial charge in [0.05, 0.1) is 18.2 Å². The molecule has 0 unspecified atom stereocenters. The molecule has 0 radical (unpaired) electrons. The van der Waals surface area contributed by atoms with Crippen LogP contribution in [0.1, 0.15) is 32.3 Å². The van der Waals surface area contributed by atoms with E-state index >= 15 is 0 Å². The molecule has 0 atom stereocenters. The van der Waals surface area contributed by atoms with Crippen molar-refractivity contribution in [3.8, 4) is 28.7 Å². The first kappa shape index (κ1) is 24.7. The van der Waals surface area contributed by atoms with E-state index in [1.54, 1.807) is 6.07 Å². The summed E-state index contributed by atoms with van der Waals surface area (Å²) in [5, 5.41) is 17.4. The third kappa shape index (κ3) is 5.28. The van der Waals surface area contributed by atoms with E-state index < -0.39 is 23.2 Å². The molecular weight excluding hydrogens is 497 g/mol. The van der Waals surface area contributed by atoms with Gasteiger partial charge in [0.1, 0.15) is 11.4 Å². The Balaban J connectivity index is 1.69. The molecule has 0 aliphatic heterocycles. The van der Waals surface area contributed by atoms with E-state index in [9.17, 15) is 22.8 Å². The zero-order valence-electron chi connectivity index (χ0n) is 19.0. The molecule has 36 heavy (non-hydrogen) atoms. The third-order valence-corrected chi connectivity index (χ3v) is 5.69. The second-order valence-corrected chi connectivity index (χ2v) is 8.49. The molecule has 0 saturated carbocycles. The Bertz CT molecular complexity index is 1580. The van der Waals surface area contributed by atoms with Crippen molar-refractivity contribution in [1.29, 1.82) is 0 Å². The largest absolute Gasteiger partial charge is 0.496 e. The van der Waals surface area contributed by atoms with Crippen LogP contribution in [-0.2, 0) is 13.2 Å². The number of amides is 1. The predicted molar refractivity (Wildman–Crippen MR) is 126 cm³/mol. The van der Waals surface area contributed by atoms with Gasteiger partial charge < -0.3 is 9.30 Å². The minimum Gasteiger partial charge on any atom is -0.496 e. The van der Waals surface area contributed by atoms with Crippen LogP contribution in [0.3, 0.4) is 0 Å². The first-order valence-corrected chi connectivity index (χ1v) is 11.0. The summed E-state index contributed by atoms with van der Waals surface area (Å²) >= 11 is 0.982. The lowest BCUT2D eigenvalue weighted by molar-refractivity contribution is -0.137. The van der Waals surface area contributed by atoms with Gasteiger partial charge in [0.25, 0.3) is 11.5 Å². The second-order valence-electron chi connectivity index (χ2n) is 7.52. The monoisotopic (exact) mass is 514 g/mol. The molecule has 4 aromatic rings. The number of aryl methyl sites for hydroxylation is 2. The summed E-state index contributed by atoms with van der Waals surface area (Å²) in [5.74, 6) is 4.92. The van der Waals surface area contributed by atoms with Crippen molar-refractivity contribution in [2.75, 3.05) is 12.4 Å². The summed E-state index contributed by atoms with van der Waals surface area (Å²) in [6.45, 7) is 1.83. The van der Waals surface area contributed by atoms with Crippen LogP contribution < -0.4 is 15.6 Å².